The van der Waals surface area contributed by atoms with Crippen molar-refractivity contribution in [1.82, 2.24) is 10.2 Å². The molecule has 14 heavy (non-hydrogen) atoms. The first-order valence-electron chi connectivity index (χ1n) is 3.85. The van der Waals surface area contributed by atoms with Gasteiger partial charge in [0.15, 0.2) is 5.75 Å². The van der Waals surface area contributed by atoms with Crippen molar-refractivity contribution in [3.05, 3.63) is 12.4 Å². The Morgan fingerprint density at radius 3 is 2.79 bits per heavy atom. The Labute approximate surface area is 94.2 Å². The lowest BCUT2D eigenvalue weighted by molar-refractivity contribution is 0.140. The average molecular weight is 242 g/mol. The smallest absolute Gasteiger partial charge is 0.157 e. The number of nitrogens with one attached hydrogen (secondary N) is 1. The third kappa shape index (κ3) is 3.02. The van der Waals surface area contributed by atoms with Gasteiger partial charge < -0.3 is 15.2 Å². The maximum Gasteiger partial charge on any atom is 0.157 e. The summed E-state index contributed by atoms with van der Waals surface area (Å²) >= 11 is 0. The number of aromatic nitrogens is 2. The van der Waals surface area contributed by atoms with E-state index < -0.39 is 0 Å². The molecule has 1 aliphatic heterocycles. The molecule has 0 amide bonds. The van der Waals surface area contributed by atoms with Gasteiger partial charge in [0.25, 0.3) is 0 Å². The van der Waals surface area contributed by atoms with Crippen LogP contribution in [0.25, 0.3) is 0 Å². The van der Waals surface area contributed by atoms with Crippen LogP contribution >= 0.6 is 24.8 Å². The fraction of sp³-hybridized carbons (Fsp3) is 0.571. The number of H-pyrrole nitrogens is 1. The van der Waals surface area contributed by atoms with Crippen LogP contribution in [0.2, 0.25) is 0 Å². The lowest BCUT2D eigenvalue weighted by atomic mass is 10.2. The lowest BCUT2D eigenvalue weighted by Gasteiger charge is -2.13. The number of nitrogens with two attached hydrogens (primary N) is 1. The summed E-state index contributed by atoms with van der Waals surface area (Å²) in [6.45, 7) is 1.13. The van der Waals surface area contributed by atoms with Gasteiger partial charge in [-0.05, 0) is 0 Å². The zero-order valence-electron chi connectivity index (χ0n) is 7.38. The standard InChI is InChI=1S/C7H11N3O2.2ClH/c8-6-3-11-4-7(6)12-5-1-9-10-2-5;;/h1-2,6-7H,3-4,8H2,(H,9,10);2*1H. The van der Waals surface area contributed by atoms with Crippen molar-refractivity contribution in [2.45, 2.75) is 12.1 Å². The summed E-state index contributed by atoms with van der Waals surface area (Å²) in [5.41, 5.74) is 5.71. The minimum atomic E-state index is -0.0393. The fourth-order valence-electron chi connectivity index (χ4n) is 1.15. The molecule has 3 N–H and O–H groups in total. The minimum absolute atomic E-state index is 0. The predicted octanol–water partition coefficient (Wildman–Crippen LogP) is 0.358. The summed E-state index contributed by atoms with van der Waals surface area (Å²) in [5.74, 6) is 0.709. The van der Waals surface area contributed by atoms with Gasteiger partial charge in [-0.25, -0.2) is 0 Å². The van der Waals surface area contributed by atoms with E-state index in [2.05, 4.69) is 10.2 Å². The molecule has 82 valence electrons. The first-order valence-corrected chi connectivity index (χ1v) is 3.85. The van der Waals surface area contributed by atoms with Crippen LogP contribution in [0.4, 0.5) is 0 Å². The predicted molar refractivity (Wildman–Crippen MR) is 56.3 cm³/mol. The summed E-state index contributed by atoms with van der Waals surface area (Å²) < 4.78 is 10.6. The third-order valence-electron chi connectivity index (χ3n) is 1.83. The zero-order chi connectivity index (χ0) is 8.39. The van der Waals surface area contributed by atoms with E-state index in [4.69, 9.17) is 15.2 Å². The van der Waals surface area contributed by atoms with Gasteiger partial charge in [0.1, 0.15) is 6.10 Å². The molecule has 1 fully saturated rings. The van der Waals surface area contributed by atoms with Gasteiger partial charge in [0, 0.05) is 0 Å². The molecule has 0 aromatic carbocycles. The van der Waals surface area contributed by atoms with E-state index in [9.17, 15) is 0 Å². The molecule has 5 nitrogen and oxygen atoms in total. The average Bonchev–Trinajstić information content (AvgIpc) is 2.65. The summed E-state index contributed by atoms with van der Waals surface area (Å²) in [6, 6.07) is -0.0279. The van der Waals surface area contributed by atoms with E-state index in [1.807, 2.05) is 0 Å². The van der Waals surface area contributed by atoms with Crippen molar-refractivity contribution in [2.24, 2.45) is 5.73 Å². The van der Waals surface area contributed by atoms with Crippen molar-refractivity contribution in [3.8, 4) is 5.75 Å². The summed E-state index contributed by atoms with van der Waals surface area (Å²) in [5, 5.41) is 6.42. The van der Waals surface area contributed by atoms with Crippen LogP contribution in [0.1, 0.15) is 0 Å². The Morgan fingerprint density at radius 2 is 2.29 bits per heavy atom. The molecule has 0 radical (unpaired) electrons. The molecule has 1 aromatic rings. The van der Waals surface area contributed by atoms with Crippen LogP contribution in [0, 0.1) is 0 Å². The van der Waals surface area contributed by atoms with Gasteiger partial charge in [-0.1, -0.05) is 0 Å². The summed E-state index contributed by atoms with van der Waals surface area (Å²) in [6.07, 6.45) is 3.26. The topological polar surface area (TPSA) is 73.2 Å². The van der Waals surface area contributed by atoms with E-state index >= 15 is 0 Å². The second-order valence-electron chi connectivity index (χ2n) is 2.79. The molecular formula is C7H13Cl2N3O2. The Morgan fingerprint density at radius 1 is 1.50 bits per heavy atom. The molecule has 2 atom stereocenters. The Balaban J connectivity index is 0.000000845. The second-order valence-corrected chi connectivity index (χ2v) is 2.79. The first-order chi connectivity index (χ1) is 5.86. The third-order valence-corrected chi connectivity index (χ3v) is 1.83. The molecule has 0 saturated carbocycles. The Kier molecular flexibility index (Phi) is 5.87. The molecule has 7 heteroatoms. The molecule has 2 unspecified atom stereocenters. The normalized spacial score (nSPS) is 24.9. The van der Waals surface area contributed by atoms with Gasteiger partial charge in [0.2, 0.25) is 0 Å². The molecule has 0 aliphatic carbocycles. The highest BCUT2D eigenvalue weighted by Gasteiger charge is 2.26. The largest absolute Gasteiger partial charge is 0.483 e. The SMILES string of the molecule is Cl.Cl.NC1COCC1Oc1cn[nH]c1. The number of rotatable bonds is 2. The van der Waals surface area contributed by atoms with Crippen molar-refractivity contribution in [3.63, 3.8) is 0 Å². The minimum Gasteiger partial charge on any atom is -0.483 e. The van der Waals surface area contributed by atoms with Crippen LogP contribution in [0.5, 0.6) is 5.75 Å². The van der Waals surface area contributed by atoms with Gasteiger partial charge in [-0.3, -0.25) is 5.10 Å². The second kappa shape index (κ2) is 6.08. The quantitative estimate of drug-likeness (QED) is 0.785. The highest BCUT2D eigenvalue weighted by molar-refractivity contribution is 5.85. The van der Waals surface area contributed by atoms with Crippen molar-refractivity contribution in [1.29, 1.82) is 0 Å². The molecule has 1 aliphatic rings. The van der Waals surface area contributed by atoms with E-state index in [1.54, 1.807) is 12.4 Å². The highest BCUT2D eigenvalue weighted by atomic mass is 35.5. The first kappa shape index (κ1) is 13.5. The number of hydrogen-bond acceptors (Lipinski definition) is 4. The zero-order valence-corrected chi connectivity index (χ0v) is 9.01. The maximum atomic E-state index is 5.71. The van der Waals surface area contributed by atoms with Gasteiger partial charge in [0.05, 0.1) is 31.6 Å². The van der Waals surface area contributed by atoms with Crippen LogP contribution in [-0.4, -0.2) is 35.6 Å². The number of nitrogens with zero attached hydrogens (tertiary/aromatic N) is 1. The number of halogens is 2. The Hall–Kier alpha value is -0.490. The molecule has 1 saturated heterocycles. The van der Waals surface area contributed by atoms with Crippen LogP contribution in [0.3, 0.4) is 0 Å². The molecule has 0 spiro atoms. The lowest BCUT2D eigenvalue weighted by Crippen LogP contribution is -2.37. The molecular weight excluding hydrogens is 229 g/mol. The van der Waals surface area contributed by atoms with Crippen molar-refractivity contribution < 1.29 is 9.47 Å². The molecule has 0 bridgehead atoms. The van der Waals surface area contributed by atoms with Gasteiger partial charge in [-0.2, -0.15) is 5.10 Å². The van der Waals surface area contributed by atoms with E-state index in [0.29, 0.717) is 19.0 Å². The monoisotopic (exact) mass is 241 g/mol. The summed E-state index contributed by atoms with van der Waals surface area (Å²) in [4.78, 5) is 0. The van der Waals surface area contributed by atoms with Crippen LogP contribution < -0.4 is 10.5 Å². The van der Waals surface area contributed by atoms with Crippen molar-refractivity contribution >= 4 is 24.8 Å². The number of aromatic amines is 1. The maximum absolute atomic E-state index is 5.71. The van der Waals surface area contributed by atoms with Crippen LogP contribution in [-0.2, 0) is 4.74 Å². The van der Waals surface area contributed by atoms with E-state index in [-0.39, 0.29) is 37.0 Å². The van der Waals surface area contributed by atoms with E-state index in [0.717, 1.165) is 0 Å². The molecule has 2 heterocycles. The number of hydrogen-bond donors (Lipinski definition) is 2. The summed E-state index contributed by atoms with van der Waals surface area (Å²) in [7, 11) is 0. The van der Waals surface area contributed by atoms with Gasteiger partial charge in [-0.15, -0.1) is 24.8 Å². The van der Waals surface area contributed by atoms with Gasteiger partial charge >= 0.3 is 0 Å². The fourth-order valence-corrected chi connectivity index (χ4v) is 1.15. The molecule has 2 rings (SSSR count). The molecule has 1 aromatic heterocycles. The Bertz CT molecular complexity index is 245. The van der Waals surface area contributed by atoms with E-state index in [1.165, 1.54) is 0 Å². The van der Waals surface area contributed by atoms with Crippen molar-refractivity contribution in [2.75, 3.05) is 13.2 Å². The van der Waals surface area contributed by atoms with Crippen LogP contribution in [0.15, 0.2) is 12.4 Å². The highest BCUT2D eigenvalue weighted by Crippen LogP contribution is 2.13. The number of ether oxygens (including phenoxy) is 2.